The van der Waals surface area contributed by atoms with E-state index in [0.29, 0.717) is 0 Å². The Bertz CT molecular complexity index is 2350. The van der Waals surface area contributed by atoms with Crippen LogP contribution in [0.15, 0.2) is 79.4 Å². The van der Waals surface area contributed by atoms with Crippen LogP contribution in [0.4, 0.5) is 22.0 Å². The first kappa shape index (κ1) is 36.9. The molecule has 1 fully saturated rings. The first-order chi connectivity index (χ1) is 25.1. The van der Waals surface area contributed by atoms with Gasteiger partial charge in [0, 0.05) is 46.1 Å². The number of rotatable bonds is 7. The van der Waals surface area contributed by atoms with Crippen LogP contribution in [-0.2, 0) is 22.4 Å². The molecule has 0 radical (unpaired) electrons. The molecule has 4 atom stereocenters. The molecule has 0 saturated carbocycles. The van der Waals surface area contributed by atoms with Crippen molar-refractivity contribution in [2.75, 3.05) is 6.61 Å². The largest absolute Gasteiger partial charge is 0.418 e. The number of benzene rings is 3. The van der Waals surface area contributed by atoms with Crippen LogP contribution in [0.2, 0.25) is 15.1 Å². The van der Waals surface area contributed by atoms with E-state index < -0.39 is 71.6 Å². The lowest BCUT2D eigenvalue weighted by atomic mass is 9.86. The van der Waals surface area contributed by atoms with Crippen LogP contribution in [0.3, 0.4) is 0 Å². The van der Waals surface area contributed by atoms with Crippen molar-refractivity contribution < 1.29 is 42.0 Å². The zero-order valence-corrected chi connectivity index (χ0v) is 29.2. The Morgan fingerprint density at radius 1 is 0.906 bits per heavy atom. The van der Waals surface area contributed by atoms with Gasteiger partial charge in [0.2, 0.25) is 5.72 Å². The van der Waals surface area contributed by atoms with Crippen molar-refractivity contribution in [1.82, 2.24) is 34.3 Å². The van der Waals surface area contributed by atoms with Crippen molar-refractivity contribution in [3.05, 3.63) is 123 Å². The molecule has 11 nitrogen and oxygen atoms in total. The maximum Gasteiger partial charge on any atom is 0.418 e. The van der Waals surface area contributed by atoms with Gasteiger partial charge < -0.3 is 20.1 Å². The van der Waals surface area contributed by atoms with Crippen LogP contribution >= 0.6 is 34.8 Å². The molecular formula is C34H25Cl3F5N7O4. The van der Waals surface area contributed by atoms with Gasteiger partial charge in [-0.05, 0) is 37.3 Å². The highest BCUT2D eigenvalue weighted by atomic mass is 35.5. The first-order valence-electron chi connectivity index (χ1n) is 15.6. The third kappa shape index (κ3) is 6.07. The zero-order chi connectivity index (χ0) is 38.0. The SMILES string of the molecule is Cc1nc(C2(n3cc(-c4cccc(F)c4Cl)cn3)O[C@@H](CO)[C@@H](O)C[C@@]2(O)n2cc(-c3cccc(F)c3Cl)cn2)n(-c2cc(Cl)ccc2C(F)(F)F)n1. The lowest BCUT2D eigenvalue weighted by molar-refractivity contribution is -0.338. The van der Waals surface area contributed by atoms with Crippen molar-refractivity contribution >= 4 is 34.8 Å². The number of aromatic nitrogens is 7. The molecule has 1 unspecified atom stereocenters. The number of ether oxygens (including phenoxy) is 1. The quantitative estimate of drug-likeness (QED) is 0.151. The van der Waals surface area contributed by atoms with Gasteiger partial charge in [-0.15, -0.1) is 0 Å². The topological polar surface area (TPSA) is 136 Å². The molecule has 7 rings (SSSR count). The highest BCUT2D eigenvalue weighted by molar-refractivity contribution is 6.33. The minimum absolute atomic E-state index is 0.113. The van der Waals surface area contributed by atoms with E-state index in [1.807, 2.05) is 0 Å². The van der Waals surface area contributed by atoms with Gasteiger partial charge in [0.25, 0.3) is 5.72 Å². The number of alkyl halides is 3. The molecule has 0 spiro atoms. The Hall–Kier alpha value is -4.42. The van der Waals surface area contributed by atoms with Crippen molar-refractivity contribution in [1.29, 1.82) is 0 Å². The predicted molar refractivity (Wildman–Crippen MR) is 181 cm³/mol. The van der Waals surface area contributed by atoms with Gasteiger partial charge in [0.15, 0.2) is 5.82 Å². The van der Waals surface area contributed by atoms with E-state index >= 15 is 0 Å². The van der Waals surface area contributed by atoms with Crippen LogP contribution in [-0.4, -0.2) is 68.5 Å². The number of halogens is 8. The Labute approximate surface area is 311 Å². The molecule has 3 N–H and O–H groups in total. The maximum atomic E-state index is 14.6. The zero-order valence-electron chi connectivity index (χ0n) is 27.0. The van der Waals surface area contributed by atoms with E-state index in [0.717, 1.165) is 44.4 Å². The van der Waals surface area contributed by atoms with Gasteiger partial charge in [0.1, 0.15) is 23.6 Å². The summed E-state index contributed by atoms with van der Waals surface area (Å²) in [6, 6.07) is 10.7. The Balaban J connectivity index is 1.57. The third-order valence-corrected chi connectivity index (χ3v) is 9.87. The lowest BCUT2D eigenvalue weighted by Gasteiger charge is -2.51. The van der Waals surface area contributed by atoms with Crippen molar-refractivity contribution in [3.8, 4) is 27.9 Å². The van der Waals surface area contributed by atoms with Gasteiger partial charge in [-0.1, -0.05) is 59.1 Å². The summed E-state index contributed by atoms with van der Waals surface area (Å²) in [7, 11) is 0. The van der Waals surface area contributed by atoms with E-state index in [1.165, 1.54) is 56.0 Å². The summed E-state index contributed by atoms with van der Waals surface area (Å²) in [5, 5.41) is 47.2. The minimum atomic E-state index is -4.95. The smallest absolute Gasteiger partial charge is 0.394 e. The number of aliphatic hydroxyl groups is 3. The van der Waals surface area contributed by atoms with Crippen molar-refractivity contribution in [2.24, 2.45) is 0 Å². The van der Waals surface area contributed by atoms with Crippen LogP contribution in [0.25, 0.3) is 27.9 Å². The second-order valence-electron chi connectivity index (χ2n) is 12.2. The normalized spacial score (nSPS) is 22.0. The molecule has 1 aliphatic heterocycles. The Morgan fingerprint density at radius 3 is 2.08 bits per heavy atom. The average molecular weight is 797 g/mol. The van der Waals surface area contributed by atoms with Gasteiger partial charge in [-0.25, -0.2) is 27.8 Å². The third-order valence-electron chi connectivity index (χ3n) is 8.87. The molecule has 0 amide bonds. The first-order valence-corrected chi connectivity index (χ1v) is 16.7. The summed E-state index contributed by atoms with van der Waals surface area (Å²) in [4.78, 5) is 4.47. The van der Waals surface area contributed by atoms with Gasteiger partial charge >= 0.3 is 6.18 Å². The molecule has 6 aromatic rings. The second-order valence-corrected chi connectivity index (χ2v) is 13.4. The standard InChI is InChI=1S/C34H25Cl3F5N7O4/c1-17-45-31(49(46-17)26-10-20(35)8-9-23(26)34(40,41)42)33(48-15-19(13-44-48)22-5-3-7-25(39)30(22)37)32(52,11-27(51)28(16-50)53-33)47-14-18(12-43-47)21-4-2-6-24(38)29(21)36/h2-10,12-15,27-28,50-52H,11,16H2,1H3/t27-,28-,32-,33?/m0/s1. The van der Waals surface area contributed by atoms with E-state index in [2.05, 4.69) is 20.3 Å². The van der Waals surface area contributed by atoms with E-state index in [1.54, 1.807) is 0 Å². The monoisotopic (exact) mass is 795 g/mol. The Morgan fingerprint density at radius 2 is 1.49 bits per heavy atom. The fourth-order valence-corrected chi connectivity index (χ4v) is 7.04. The summed E-state index contributed by atoms with van der Waals surface area (Å²) in [6.45, 7) is 0.509. The van der Waals surface area contributed by atoms with Gasteiger partial charge in [0.05, 0.1) is 46.4 Å². The molecule has 1 aliphatic rings. The molecule has 1 saturated heterocycles. The van der Waals surface area contributed by atoms with Crippen LogP contribution in [0.1, 0.15) is 23.6 Å². The molecular weight excluding hydrogens is 772 g/mol. The highest BCUT2D eigenvalue weighted by Crippen LogP contribution is 2.50. The minimum Gasteiger partial charge on any atom is -0.394 e. The fraction of sp³-hybridized carbons (Fsp3) is 0.235. The molecule has 3 aromatic carbocycles. The number of aryl methyl sites for hydroxylation is 1. The molecule has 276 valence electrons. The molecule has 0 aliphatic carbocycles. The predicted octanol–water partition coefficient (Wildman–Crippen LogP) is 6.75. The summed E-state index contributed by atoms with van der Waals surface area (Å²) in [5.74, 6) is -2.18. The van der Waals surface area contributed by atoms with E-state index in [-0.39, 0.29) is 43.1 Å². The molecule has 19 heteroatoms. The molecule has 3 aromatic heterocycles. The van der Waals surface area contributed by atoms with Crippen LogP contribution < -0.4 is 0 Å². The van der Waals surface area contributed by atoms with Gasteiger partial charge in [-0.2, -0.15) is 28.5 Å². The maximum absolute atomic E-state index is 14.6. The number of aliphatic hydroxyl groups excluding tert-OH is 2. The number of hydrogen-bond donors (Lipinski definition) is 3. The van der Waals surface area contributed by atoms with Crippen LogP contribution in [0, 0.1) is 18.6 Å². The van der Waals surface area contributed by atoms with E-state index in [9.17, 15) is 37.3 Å². The lowest BCUT2D eigenvalue weighted by Crippen LogP contribution is -2.68. The highest BCUT2D eigenvalue weighted by Gasteiger charge is 2.66. The van der Waals surface area contributed by atoms with Crippen LogP contribution in [0.5, 0.6) is 0 Å². The number of hydrogen-bond acceptors (Lipinski definition) is 8. The molecule has 53 heavy (non-hydrogen) atoms. The average Bonchev–Trinajstić information content (AvgIpc) is 3.88. The summed E-state index contributed by atoms with van der Waals surface area (Å²) >= 11 is 18.8. The van der Waals surface area contributed by atoms with Crippen molar-refractivity contribution in [2.45, 2.75) is 43.2 Å². The molecule has 4 heterocycles. The summed E-state index contributed by atoms with van der Waals surface area (Å²) in [5.41, 5.74) is -6.61. The fourth-order valence-electron chi connectivity index (χ4n) is 6.41. The second kappa shape index (κ2) is 13.5. The number of nitrogens with zero attached hydrogens (tertiary/aromatic N) is 7. The summed E-state index contributed by atoms with van der Waals surface area (Å²) < 4.78 is 81.9. The van der Waals surface area contributed by atoms with Crippen molar-refractivity contribution in [3.63, 3.8) is 0 Å². The summed E-state index contributed by atoms with van der Waals surface area (Å²) in [6.07, 6.45) is -3.89. The Kier molecular flexibility index (Phi) is 9.38. The van der Waals surface area contributed by atoms with E-state index in [4.69, 9.17) is 39.5 Å². The van der Waals surface area contributed by atoms with Gasteiger partial charge in [-0.3, -0.25) is 0 Å². The molecule has 0 bridgehead atoms.